The molecule has 0 bridgehead atoms. The number of carbonyl (C=O) groups excluding carboxylic acids is 2. The Morgan fingerprint density at radius 3 is 2.57 bits per heavy atom. The van der Waals surface area contributed by atoms with Crippen LogP contribution in [0.3, 0.4) is 0 Å². The lowest BCUT2D eigenvalue weighted by molar-refractivity contribution is -0.120. The van der Waals surface area contributed by atoms with Crippen LogP contribution in [-0.4, -0.2) is 43.6 Å². The van der Waals surface area contributed by atoms with Gasteiger partial charge in [0.05, 0.1) is 35.3 Å². The van der Waals surface area contributed by atoms with Crippen LogP contribution in [-0.2, 0) is 11.8 Å². The van der Waals surface area contributed by atoms with Crippen molar-refractivity contribution in [2.45, 2.75) is 38.1 Å². The van der Waals surface area contributed by atoms with Crippen molar-refractivity contribution < 1.29 is 9.59 Å². The summed E-state index contributed by atoms with van der Waals surface area (Å²) < 4.78 is 1.84. The van der Waals surface area contributed by atoms with Gasteiger partial charge in [0.25, 0.3) is 5.91 Å². The fourth-order valence-corrected chi connectivity index (χ4v) is 4.43. The Bertz CT molecular complexity index is 1250. The average Bonchev–Trinajstić information content (AvgIpc) is 3.65. The third kappa shape index (κ3) is 6.21. The van der Waals surface area contributed by atoms with Crippen LogP contribution in [0, 0.1) is 0 Å². The number of amides is 2. The zero-order valence-electron chi connectivity index (χ0n) is 19.8. The summed E-state index contributed by atoms with van der Waals surface area (Å²) in [6, 6.07) is 9.91. The van der Waals surface area contributed by atoms with Crippen molar-refractivity contribution in [2.75, 3.05) is 7.05 Å². The van der Waals surface area contributed by atoms with Gasteiger partial charge in [-0.15, -0.1) is 11.3 Å². The zero-order chi connectivity index (χ0) is 24.6. The van der Waals surface area contributed by atoms with Gasteiger partial charge in [0.2, 0.25) is 5.91 Å². The molecule has 0 saturated carbocycles. The highest BCUT2D eigenvalue weighted by Crippen LogP contribution is 2.26. The van der Waals surface area contributed by atoms with E-state index in [4.69, 9.17) is 0 Å². The molecule has 0 aliphatic carbocycles. The summed E-state index contributed by atoms with van der Waals surface area (Å²) in [5.41, 5.74) is 5.66. The van der Waals surface area contributed by atoms with Crippen molar-refractivity contribution in [3.8, 4) is 22.5 Å². The van der Waals surface area contributed by atoms with E-state index < -0.39 is 0 Å². The van der Waals surface area contributed by atoms with Crippen molar-refractivity contribution in [2.24, 2.45) is 7.05 Å². The highest BCUT2D eigenvalue weighted by Gasteiger charge is 2.20. The number of benzene rings is 1. The molecule has 0 radical (unpaired) electrons. The van der Waals surface area contributed by atoms with Gasteiger partial charge in [0.15, 0.2) is 0 Å². The molecule has 0 aliphatic rings. The Hall–Kier alpha value is -3.79. The number of rotatable bonds is 11. The quantitative estimate of drug-likeness (QED) is 0.273. The molecule has 0 fully saturated rings. The van der Waals surface area contributed by atoms with E-state index in [1.807, 2.05) is 29.9 Å². The number of imidazole rings is 1. The van der Waals surface area contributed by atoms with Crippen LogP contribution in [0.4, 0.5) is 0 Å². The van der Waals surface area contributed by atoms with Crippen LogP contribution in [0.5, 0.6) is 0 Å². The van der Waals surface area contributed by atoms with E-state index >= 15 is 0 Å². The highest BCUT2D eigenvalue weighted by atomic mass is 32.1. The van der Waals surface area contributed by atoms with E-state index in [1.54, 1.807) is 31.1 Å². The first kappa shape index (κ1) is 24.3. The number of hydrogen-bond acceptors (Lipinski definition) is 6. The number of aryl methyl sites for hydroxylation is 1. The maximum atomic E-state index is 12.7. The van der Waals surface area contributed by atoms with E-state index in [9.17, 15) is 9.59 Å². The summed E-state index contributed by atoms with van der Waals surface area (Å²) in [6.45, 7) is 0. The van der Waals surface area contributed by atoms with Crippen molar-refractivity contribution in [1.82, 2.24) is 35.4 Å². The van der Waals surface area contributed by atoms with E-state index in [0.29, 0.717) is 23.5 Å². The largest absolute Gasteiger partial charge is 0.359 e. The molecule has 0 aliphatic heterocycles. The summed E-state index contributed by atoms with van der Waals surface area (Å²) >= 11 is 1.30. The Morgan fingerprint density at radius 1 is 1.09 bits per heavy atom. The van der Waals surface area contributed by atoms with Crippen LogP contribution >= 0.6 is 11.3 Å². The second kappa shape index (κ2) is 11.6. The topological polar surface area (TPSA) is 118 Å². The third-order valence-corrected chi connectivity index (χ3v) is 6.65. The predicted molar refractivity (Wildman–Crippen MR) is 136 cm³/mol. The maximum absolute atomic E-state index is 12.7. The first-order chi connectivity index (χ1) is 17.0. The molecule has 3 heterocycles. The second-order valence-corrected chi connectivity index (χ2v) is 9.15. The molecular formula is C25H29N7O2S. The molecule has 182 valence electrons. The van der Waals surface area contributed by atoms with Crippen LogP contribution in [0.25, 0.3) is 22.5 Å². The zero-order valence-corrected chi connectivity index (χ0v) is 20.6. The fourth-order valence-electron chi connectivity index (χ4n) is 3.91. The number of carbonyl (C=O) groups is 2. The summed E-state index contributed by atoms with van der Waals surface area (Å²) in [5, 5.41) is 9.97. The van der Waals surface area contributed by atoms with Gasteiger partial charge >= 0.3 is 0 Å². The molecule has 0 spiro atoms. The smallest absolute Gasteiger partial charge is 0.263 e. The van der Waals surface area contributed by atoms with E-state index in [2.05, 4.69) is 42.8 Å². The van der Waals surface area contributed by atoms with Gasteiger partial charge in [-0.1, -0.05) is 37.1 Å². The monoisotopic (exact) mass is 491 g/mol. The molecule has 3 aromatic heterocycles. The summed E-state index contributed by atoms with van der Waals surface area (Å²) in [6.07, 6.45) is 8.93. The average molecular weight is 492 g/mol. The first-order valence-electron chi connectivity index (χ1n) is 11.6. The van der Waals surface area contributed by atoms with Gasteiger partial charge in [-0.25, -0.2) is 4.98 Å². The SMILES string of the molecule is CNC(=O)CCCCCC(NC(=O)c1cncs1)c1ncc(-c2ccc(-c3ccnn3C)cc2)[nH]1. The first-order valence-corrected chi connectivity index (χ1v) is 12.5. The molecule has 1 aromatic carbocycles. The third-order valence-electron chi connectivity index (χ3n) is 5.88. The minimum Gasteiger partial charge on any atom is -0.359 e. The van der Waals surface area contributed by atoms with Crippen LogP contribution < -0.4 is 10.6 Å². The molecule has 1 unspecified atom stereocenters. The molecule has 1 atom stereocenters. The Kier molecular flexibility index (Phi) is 8.04. The van der Waals surface area contributed by atoms with Gasteiger partial charge in [-0.05, 0) is 30.0 Å². The minimum atomic E-state index is -0.271. The van der Waals surface area contributed by atoms with Crippen LogP contribution in [0.15, 0.2) is 54.4 Å². The van der Waals surface area contributed by atoms with E-state index in [-0.39, 0.29) is 17.9 Å². The van der Waals surface area contributed by atoms with Gasteiger partial charge in [0, 0.05) is 26.7 Å². The lowest BCUT2D eigenvalue weighted by atomic mass is 10.1. The minimum absolute atomic E-state index is 0.0464. The van der Waals surface area contributed by atoms with Crippen LogP contribution in [0.2, 0.25) is 0 Å². The molecule has 0 saturated heterocycles. The molecule has 4 rings (SSSR count). The maximum Gasteiger partial charge on any atom is 0.263 e. The van der Waals surface area contributed by atoms with Crippen molar-refractivity contribution in [3.63, 3.8) is 0 Å². The van der Waals surface area contributed by atoms with E-state index in [1.165, 1.54) is 11.3 Å². The molecule has 4 aromatic rings. The lowest BCUT2D eigenvalue weighted by Gasteiger charge is -2.16. The van der Waals surface area contributed by atoms with Gasteiger partial charge in [-0.3, -0.25) is 19.3 Å². The van der Waals surface area contributed by atoms with Crippen molar-refractivity contribution >= 4 is 23.2 Å². The highest BCUT2D eigenvalue weighted by molar-refractivity contribution is 7.11. The Labute approximate surface area is 208 Å². The van der Waals surface area contributed by atoms with Crippen molar-refractivity contribution in [1.29, 1.82) is 0 Å². The van der Waals surface area contributed by atoms with E-state index in [0.717, 1.165) is 41.8 Å². The summed E-state index contributed by atoms with van der Waals surface area (Å²) in [5.74, 6) is 0.589. The number of nitrogens with zero attached hydrogens (tertiary/aromatic N) is 4. The Balaban J connectivity index is 1.45. The number of nitrogens with one attached hydrogen (secondary N) is 3. The number of aromatic nitrogens is 5. The molecular weight excluding hydrogens is 462 g/mol. The molecule has 35 heavy (non-hydrogen) atoms. The summed E-state index contributed by atoms with van der Waals surface area (Å²) in [7, 11) is 3.57. The molecule has 10 heteroatoms. The normalized spacial score (nSPS) is 11.8. The number of H-pyrrole nitrogens is 1. The molecule has 2 amide bonds. The van der Waals surface area contributed by atoms with Gasteiger partial charge in [0.1, 0.15) is 10.7 Å². The van der Waals surface area contributed by atoms with Crippen LogP contribution in [0.1, 0.15) is 53.6 Å². The molecule has 9 nitrogen and oxygen atoms in total. The number of aromatic amines is 1. The summed E-state index contributed by atoms with van der Waals surface area (Å²) in [4.78, 5) is 36.7. The standard InChI is InChI=1S/C25H29N7O2S/c1-26-23(33)7-5-3-4-6-19(31-25(34)22-15-27-16-35-22)24-28-14-20(30-24)17-8-10-18(11-9-17)21-12-13-29-32(21)2/h8-16,19H,3-7H2,1-2H3,(H,26,33)(H,28,30)(H,31,34). The number of thiazole rings is 1. The number of hydrogen-bond donors (Lipinski definition) is 3. The molecule has 3 N–H and O–H groups in total. The number of unbranched alkanes of at least 4 members (excludes halogenated alkanes) is 2. The van der Waals surface area contributed by atoms with Crippen molar-refractivity contribution in [3.05, 3.63) is 65.1 Å². The van der Waals surface area contributed by atoms with Gasteiger partial charge in [-0.2, -0.15) is 5.10 Å². The fraction of sp³-hybridized carbons (Fsp3) is 0.320. The Morgan fingerprint density at radius 2 is 1.89 bits per heavy atom. The second-order valence-electron chi connectivity index (χ2n) is 8.26. The van der Waals surface area contributed by atoms with Gasteiger partial charge < -0.3 is 15.6 Å². The lowest BCUT2D eigenvalue weighted by Crippen LogP contribution is -2.28. The predicted octanol–water partition coefficient (Wildman–Crippen LogP) is 4.10.